The number of alkyl carbamates (subject to hydrolysis) is 1. The van der Waals surface area contributed by atoms with Gasteiger partial charge in [-0.2, -0.15) is 0 Å². The Balaban J connectivity index is 1.13. The van der Waals surface area contributed by atoms with Gasteiger partial charge in [0.1, 0.15) is 11.9 Å². The molecule has 0 saturated carbocycles. The molecule has 2 aliphatic rings. The van der Waals surface area contributed by atoms with Crippen LogP contribution in [-0.2, 0) is 14.3 Å². The molecule has 1 unspecified atom stereocenters. The van der Waals surface area contributed by atoms with E-state index >= 15 is 0 Å². The lowest BCUT2D eigenvalue weighted by molar-refractivity contribution is -0.135. The number of benzene rings is 2. The average Bonchev–Trinajstić information content (AvgIpc) is 3.93. The Hall–Kier alpha value is -4.57. The molecule has 0 aliphatic carbocycles. The predicted octanol–water partition coefficient (Wildman–Crippen LogP) is 8.15. The summed E-state index contributed by atoms with van der Waals surface area (Å²) in [7, 11) is 1.29. The van der Waals surface area contributed by atoms with Gasteiger partial charge in [0, 0.05) is 25.2 Å². The summed E-state index contributed by atoms with van der Waals surface area (Å²) in [6, 6.07) is 17.7. The third-order valence-corrected chi connectivity index (χ3v) is 10.1. The smallest absolute Gasteiger partial charge is 0.407 e. The van der Waals surface area contributed by atoms with Crippen LogP contribution >= 0.6 is 11.6 Å². The molecule has 264 valence electrons. The van der Waals surface area contributed by atoms with Crippen molar-refractivity contribution in [1.82, 2.24) is 30.1 Å². The van der Waals surface area contributed by atoms with Gasteiger partial charge in [-0.25, -0.2) is 9.78 Å². The van der Waals surface area contributed by atoms with E-state index < -0.39 is 12.1 Å². The van der Waals surface area contributed by atoms with Crippen LogP contribution in [0.15, 0.2) is 60.8 Å². The van der Waals surface area contributed by atoms with Gasteiger partial charge in [-0.15, -0.1) is 0 Å². The summed E-state index contributed by atoms with van der Waals surface area (Å²) >= 11 is 6.77. The summed E-state index contributed by atoms with van der Waals surface area (Å²) in [5, 5.41) is 3.29. The van der Waals surface area contributed by atoms with Crippen molar-refractivity contribution in [1.29, 1.82) is 0 Å². The number of ether oxygens (including phenoxy) is 1. The van der Waals surface area contributed by atoms with E-state index in [-0.39, 0.29) is 29.8 Å². The Morgan fingerprint density at radius 1 is 0.880 bits per heavy atom. The lowest BCUT2D eigenvalue weighted by Crippen LogP contribution is -2.51. The fraction of sp³-hybridized carbons (Fsp3) is 0.436. The molecule has 3 atom stereocenters. The molecule has 6 rings (SSSR count). The van der Waals surface area contributed by atoms with Crippen molar-refractivity contribution < 1.29 is 19.1 Å². The number of hydrogen-bond donors (Lipinski definition) is 3. The van der Waals surface area contributed by atoms with E-state index in [1.54, 1.807) is 0 Å². The molecule has 4 aromatic rings. The van der Waals surface area contributed by atoms with Gasteiger partial charge in [0.05, 0.1) is 41.8 Å². The number of methoxy groups -OCH3 is 1. The average molecular weight is 699 g/mol. The Kier molecular flexibility index (Phi) is 10.7. The second kappa shape index (κ2) is 15.1. The molecule has 2 aliphatic heterocycles. The van der Waals surface area contributed by atoms with Crippen molar-refractivity contribution in [3.05, 3.63) is 77.3 Å². The molecule has 2 aromatic carbocycles. The maximum absolute atomic E-state index is 13.6. The number of hydrogen-bond acceptors (Lipinski definition) is 5. The molecule has 10 nitrogen and oxygen atoms in total. The van der Waals surface area contributed by atoms with Crippen molar-refractivity contribution in [2.75, 3.05) is 20.2 Å². The lowest BCUT2D eigenvalue weighted by atomic mass is 10.0. The summed E-state index contributed by atoms with van der Waals surface area (Å²) in [5.41, 5.74) is 6.75. The van der Waals surface area contributed by atoms with E-state index in [1.807, 2.05) is 48.0 Å². The normalized spacial score (nSPS) is 18.2. The number of imidazole rings is 1. The molecule has 0 spiro atoms. The number of rotatable bonds is 10. The third kappa shape index (κ3) is 7.45. The minimum atomic E-state index is -0.680. The van der Waals surface area contributed by atoms with E-state index in [0.29, 0.717) is 23.9 Å². The van der Waals surface area contributed by atoms with Gasteiger partial charge in [0.2, 0.25) is 11.8 Å². The summed E-state index contributed by atoms with van der Waals surface area (Å²) in [4.78, 5) is 53.8. The number of likely N-dealkylation sites (tertiary alicyclic amines) is 2. The molecule has 0 radical (unpaired) electrons. The first-order chi connectivity index (χ1) is 24.0. The molecule has 3 N–H and O–H groups in total. The van der Waals surface area contributed by atoms with Gasteiger partial charge in [0.15, 0.2) is 0 Å². The molecular formula is C39H47ClN6O4. The number of amides is 3. The Morgan fingerprint density at radius 2 is 1.48 bits per heavy atom. The SMILES string of the molecule is COC(=O)N[C@H](C(=O)N1CCCC1c1cc(Cl)c(-c2ccc(-c3ccc(-c4cnc([C@@H]5CCCN5C(=O)CC(C)C)[nH]4)cc3)cc2)[nH]1)C(C)C. The summed E-state index contributed by atoms with van der Waals surface area (Å²) in [6.45, 7) is 9.36. The topological polar surface area (TPSA) is 123 Å². The van der Waals surface area contributed by atoms with Crippen molar-refractivity contribution >= 4 is 29.5 Å². The molecule has 2 saturated heterocycles. The van der Waals surface area contributed by atoms with Crippen LogP contribution in [0.1, 0.15) is 83.4 Å². The van der Waals surface area contributed by atoms with Crippen LogP contribution in [0, 0.1) is 11.8 Å². The number of nitrogens with zero attached hydrogens (tertiary/aromatic N) is 3. The van der Waals surface area contributed by atoms with Crippen LogP contribution in [-0.4, -0.2) is 68.9 Å². The fourth-order valence-electron chi connectivity index (χ4n) is 7.21. The minimum Gasteiger partial charge on any atom is -0.453 e. The van der Waals surface area contributed by atoms with E-state index in [0.717, 1.165) is 77.4 Å². The summed E-state index contributed by atoms with van der Waals surface area (Å²) < 4.78 is 4.76. The fourth-order valence-corrected chi connectivity index (χ4v) is 7.48. The molecule has 0 bridgehead atoms. The molecular weight excluding hydrogens is 652 g/mol. The van der Waals surface area contributed by atoms with Crippen LogP contribution in [0.4, 0.5) is 4.79 Å². The Bertz CT molecular complexity index is 1810. The zero-order chi connectivity index (χ0) is 35.5. The second-order valence-electron chi connectivity index (χ2n) is 14.2. The molecule has 2 fully saturated rings. The number of carbonyl (C=O) groups is 3. The number of H-pyrrole nitrogens is 2. The first-order valence-electron chi connectivity index (χ1n) is 17.6. The highest BCUT2D eigenvalue weighted by molar-refractivity contribution is 6.33. The van der Waals surface area contributed by atoms with E-state index in [9.17, 15) is 14.4 Å². The number of halogens is 1. The third-order valence-electron chi connectivity index (χ3n) is 9.85. The maximum Gasteiger partial charge on any atom is 0.407 e. The van der Waals surface area contributed by atoms with Crippen LogP contribution < -0.4 is 5.32 Å². The Labute approximate surface area is 298 Å². The number of aromatic amines is 2. The van der Waals surface area contributed by atoms with Gasteiger partial charge in [-0.1, -0.05) is 87.8 Å². The van der Waals surface area contributed by atoms with Gasteiger partial charge in [-0.3, -0.25) is 9.59 Å². The van der Waals surface area contributed by atoms with Crippen molar-refractivity contribution in [2.45, 2.75) is 77.9 Å². The summed E-state index contributed by atoms with van der Waals surface area (Å²) in [5.74, 6) is 1.16. The highest BCUT2D eigenvalue weighted by atomic mass is 35.5. The Morgan fingerprint density at radius 3 is 2.10 bits per heavy atom. The largest absolute Gasteiger partial charge is 0.453 e. The predicted molar refractivity (Wildman–Crippen MR) is 195 cm³/mol. The number of carbonyl (C=O) groups excluding carboxylic acids is 3. The van der Waals surface area contributed by atoms with Crippen LogP contribution in [0.25, 0.3) is 33.6 Å². The molecule has 11 heteroatoms. The molecule has 50 heavy (non-hydrogen) atoms. The van der Waals surface area contributed by atoms with Crippen molar-refractivity contribution in [3.63, 3.8) is 0 Å². The molecule has 4 heterocycles. The maximum atomic E-state index is 13.6. The highest BCUT2D eigenvalue weighted by Crippen LogP contribution is 2.38. The first-order valence-corrected chi connectivity index (χ1v) is 18.0. The van der Waals surface area contributed by atoms with E-state index in [4.69, 9.17) is 16.3 Å². The number of nitrogens with one attached hydrogen (secondary N) is 3. The zero-order valence-electron chi connectivity index (χ0n) is 29.5. The van der Waals surface area contributed by atoms with E-state index in [1.165, 1.54) is 7.11 Å². The van der Waals surface area contributed by atoms with Gasteiger partial charge >= 0.3 is 6.09 Å². The minimum absolute atomic E-state index is 0.00389. The van der Waals surface area contributed by atoms with Gasteiger partial charge in [0.25, 0.3) is 0 Å². The van der Waals surface area contributed by atoms with E-state index in [2.05, 4.69) is 70.5 Å². The summed E-state index contributed by atoms with van der Waals surface area (Å²) in [6.07, 6.45) is 5.38. The molecule has 2 aromatic heterocycles. The van der Waals surface area contributed by atoms with Gasteiger partial charge < -0.3 is 29.8 Å². The lowest BCUT2D eigenvalue weighted by Gasteiger charge is -2.30. The van der Waals surface area contributed by atoms with Gasteiger partial charge in [-0.05, 0) is 65.8 Å². The van der Waals surface area contributed by atoms with Crippen molar-refractivity contribution in [2.24, 2.45) is 11.8 Å². The van der Waals surface area contributed by atoms with Crippen LogP contribution in [0.2, 0.25) is 5.02 Å². The zero-order valence-corrected chi connectivity index (χ0v) is 30.2. The molecule has 3 amide bonds. The standard InChI is InChI=1S/C39H47ClN6O4/c1-23(2)20-34(47)45-18-7-9-33(45)37-41-22-31(43-37)27-14-10-25(11-15-27)26-12-16-28(17-13-26)36-29(40)21-30(42-36)32-8-6-19-46(32)38(48)35(24(3)4)44-39(49)50-5/h10-17,21-24,32-33,35,42H,6-9,18-20H2,1-5H3,(H,41,43)(H,44,49)/t32?,33-,35-/m0/s1. The van der Waals surface area contributed by atoms with Crippen LogP contribution in [0.5, 0.6) is 0 Å². The highest BCUT2D eigenvalue weighted by Gasteiger charge is 2.37. The second-order valence-corrected chi connectivity index (χ2v) is 14.6. The van der Waals surface area contributed by atoms with Crippen molar-refractivity contribution in [3.8, 4) is 33.6 Å². The van der Waals surface area contributed by atoms with Crippen LogP contribution in [0.3, 0.4) is 0 Å². The first kappa shape index (κ1) is 35.3. The number of aromatic nitrogens is 3. The quantitative estimate of drug-likeness (QED) is 0.154. The monoisotopic (exact) mass is 698 g/mol.